The van der Waals surface area contributed by atoms with Gasteiger partial charge in [-0.15, -0.1) is 0 Å². The molecule has 2 N–H and O–H groups in total. The molecule has 1 aliphatic rings. The van der Waals surface area contributed by atoms with Crippen molar-refractivity contribution in [2.75, 3.05) is 14.2 Å². The predicted octanol–water partition coefficient (Wildman–Crippen LogP) is 2.64. The summed E-state index contributed by atoms with van der Waals surface area (Å²) in [7, 11) is 3.36. The highest BCUT2D eigenvalue weighted by Gasteiger charge is 2.30. The summed E-state index contributed by atoms with van der Waals surface area (Å²) in [6.45, 7) is 0.652. The third kappa shape index (κ3) is 3.51. The van der Waals surface area contributed by atoms with Crippen LogP contribution in [0.4, 0.5) is 0 Å². The maximum atomic E-state index is 12.1. The highest BCUT2D eigenvalue weighted by atomic mass is 16.5. The number of hydrogen-bond acceptors (Lipinski definition) is 4. The molecule has 24 heavy (non-hydrogen) atoms. The van der Waals surface area contributed by atoms with E-state index in [1.54, 1.807) is 14.2 Å². The molecule has 1 aromatic heterocycles. The second kappa shape index (κ2) is 7.62. The zero-order valence-electron chi connectivity index (χ0n) is 14.3. The lowest BCUT2D eigenvalue weighted by atomic mass is 9.83. The van der Waals surface area contributed by atoms with Crippen molar-refractivity contribution in [1.29, 1.82) is 0 Å². The Kier molecular flexibility index (Phi) is 5.30. The predicted molar refractivity (Wildman–Crippen MR) is 94.9 cm³/mol. The highest BCUT2D eigenvalue weighted by molar-refractivity contribution is 5.80. The molecule has 2 atom stereocenters. The van der Waals surface area contributed by atoms with Crippen molar-refractivity contribution < 1.29 is 9.53 Å². The van der Waals surface area contributed by atoms with E-state index in [-0.39, 0.29) is 17.9 Å². The Labute approximate surface area is 142 Å². The lowest BCUT2D eigenvalue weighted by molar-refractivity contribution is -0.126. The number of fused-ring (bicyclic) bond motifs is 1. The SMILES string of the molecule is CNC(=O)[C@H]1CCCC[C@H]1NCc1cc2ccccc2nc1OC. The number of nitrogens with one attached hydrogen (secondary N) is 2. The summed E-state index contributed by atoms with van der Waals surface area (Å²) in [4.78, 5) is 16.7. The van der Waals surface area contributed by atoms with Gasteiger partial charge in [-0.3, -0.25) is 4.79 Å². The minimum Gasteiger partial charge on any atom is -0.481 e. The van der Waals surface area contributed by atoms with Crippen molar-refractivity contribution >= 4 is 16.8 Å². The fourth-order valence-electron chi connectivity index (χ4n) is 3.56. The first kappa shape index (κ1) is 16.7. The van der Waals surface area contributed by atoms with Gasteiger partial charge >= 0.3 is 0 Å². The lowest BCUT2D eigenvalue weighted by Gasteiger charge is -2.31. The first-order chi connectivity index (χ1) is 11.7. The molecule has 3 rings (SSSR count). The first-order valence-corrected chi connectivity index (χ1v) is 8.60. The maximum Gasteiger partial charge on any atom is 0.224 e. The van der Waals surface area contributed by atoms with E-state index in [2.05, 4.69) is 27.8 Å². The largest absolute Gasteiger partial charge is 0.481 e. The van der Waals surface area contributed by atoms with Gasteiger partial charge in [0, 0.05) is 30.6 Å². The minimum atomic E-state index is 0.0446. The van der Waals surface area contributed by atoms with Crippen molar-refractivity contribution in [3.8, 4) is 5.88 Å². The molecule has 0 bridgehead atoms. The molecule has 1 heterocycles. The van der Waals surface area contributed by atoms with Crippen LogP contribution in [-0.4, -0.2) is 31.1 Å². The zero-order chi connectivity index (χ0) is 16.9. The van der Waals surface area contributed by atoms with Gasteiger partial charge in [-0.25, -0.2) is 4.98 Å². The number of rotatable bonds is 5. The van der Waals surface area contributed by atoms with E-state index in [0.29, 0.717) is 12.4 Å². The molecule has 0 aliphatic heterocycles. The molecule has 1 saturated carbocycles. The van der Waals surface area contributed by atoms with Crippen LogP contribution in [0.5, 0.6) is 5.88 Å². The van der Waals surface area contributed by atoms with Crippen molar-refractivity contribution in [3.05, 3.63) is 35.9 Å². The molecular formula is C19H25N3O2. The van der Waals surface area contributed by atoms with Gasteiger partial charge in [0.1, 0.15) is 0 Å². The van der Waals surface area contributed by atoms with Gasteiger partial charge in [-0.1, -0.05) is 31.0 Å². The van der Waals surface area contributed by atoms with Crippen molar-refractivity contribution in [1.82, 2.24) is 15.6 Å². The molecule has 1 aliphatic carbocycles. The van der Waals surface area contributed by atoms with Crippen LogP contribution < -0.4 is 15.4 Å². The number of nitrogens with zero attached hydrogens (tertiary/aromatic N) is 1. The molecule has 0 spiro atoms. The Morgan fingerprint density at radius 1 is 1.29 bits per heavy atom. The summed E-state index contributed by atoms with van der Waals surface area (Å²) in [5.74, 6) is 0.826. The van der Waals surface area contributed by atoms with Gasteiger partial charge in [-0.2, -0.15) is 0 Å². The third-order valence-electron chi connectivity index (χ3n) is 4.86. The second-order valence-corrected chi connectivity index (χ2v) is 6.34. The van der Waals surface area contributed by atoms with E-state index in [0.717, 1.165) is 42.1 Å². The Bertz CT molecular complexity index is 717. The van der Waals surface area contributed by atoms with Crippen LogP contribution in [0.1, 0.15) is 31.2 Å². The van der Waals surface area contributed by atoms with Crippen LogP contribution in [0.2, 0.25) is 0 Å². The summed E-state index contributed by atoms with van der Waals surface area (Å²) in [6, 6.07) is 10.3. The molecule has 5 heteroatoms. The van der Waals surface area contributed by atoms with E-state index >= 15 is 0 Å². The Morgan fingerprint density at radius 3 is 2.88 bits per heavy atom. The quantitative estimate of drug-likeness (QED) is 0.886. The number of ether oxygens (including phenoxy) is 1. The summed E-state index contributed by atoms with van der Waals surface area (Å²) in [6.07, 6.45) is 4.27. The topological polar surface area (TPSA) is 63.2 Å². The van der Waals surface area contributed by atoms with Crippen LogP contribution in [0.15, 0.2) is 30.3 Å². The molecule has 1 fully saturated rings. The fraction of sp³-hybridized carbons (Fsp3) is 0.474. The molecule has 128 valence electrons. The molecular weight excluding hydrogens is 302 g/mol. The normalized spacial score (nSPS) is 20.8. The highest BCUT2D eigenvalue weighted by Crippen LogP contribution is 2.26. The lowest BCUT2D eigenvalue weighted by Crippen LogP contribution is -2.45. The summed E-state index contributed by atoms with van der Waals surface area (Å²) < 4.78 is 5.46. The van der Waals surface area contributed by atoms with Crippen molar-refractivity contribution in [2.24, 2.45) is 5.92 Å². The van der Waals surface area contributed by atoms with Crippen LogP contribution in [-0.2, 0) is 11.3 Å². The number of benzene rings is 1. The number of carbonyl (C=O) groups is 1. The van der Waals surface area contributed by atoms with Gasteiger partial charge < -0.3 is 15.4 Å². The summed E-state index contributed by atoms with van der Waals surface area (Å²) in [5, 5.41) is 7.45. The summed E-state index contributed by atoms with van der Waals surface area (Å²) in [5.41, 5.74) is 1.96. The Balaban J connectivity index is 1.77. The third-order valence-corrected chi connectivity index (χ3v) is 4.86. The van der Waals surface area contributed by atoms with Crippen molar-refractivity contribution in [2.45, 2.75) is 38.3 Å². The average molecular weight is 327 g/mol. The van der Waals surface area contributed by atoms with Gasteiger partial charge in [0.05, 0.1) is 18.5 Å². The van der Waals surface area contributed by atoms with Crippen molar-refractivity contribution in [3.63, 3.8) is 0 Å². The molecule has 0 unspecified atom stereocenters. The van der Waals surface area contributed by atoms with Gasteiger partial charge in [0.25, 0.3) is 0 Å². The molecule has 5 nitrogen and oxygen atoms in total. The summed E-state index contributed by atoms with van der Waals surface area (Å²) >= 11 is 0. The number of amides is 1. The maximum absolute atomic E-state index is 12.1. The van der Waals surface area contributed by atoms with E-state index in [9.17, 15) is 4.79 Å². The smallest absolute Gasteiger partial charge is 0.224 e. The number of pyridine rings is 1. The number of aromatic nitrogens is 1. The standard InChI is InChI=1S/C19H25N3O2/c1-20-18(23)15-8-4-6-10-17(15)21-12-14-11-13-7-3-5-9-16(13)22-19(14)24-2/h3,5,7,9,11,15,17,21H,4,6,8,10,12H2,1-2H3,(H,20,23)/t15-,17+/m0/s1. The van der Waals surface area contributed by atoms with E-state index in [1.807, 2.05) is 18.2 Å². The van der Waals surface area contributed by atoms with Gasteiger partial charge in [0.2, 0.25) is 11.8 Å². The number of methoxy groups -OCH3 is 1. The fourth-order valence-corrected chi connectivity index (χ4v) is 3.56. The second-order valence-electron chi connectivity index (χ2n) is 6.34. The van der Waals surface area contributed by atoms with Gasteiger partial charge in [-0.05, 0) is 25.0 Å². The van der Waals surface area contributed by atoms with E-state index < -0.39 is 0 Å². The molecule has 0 saturated heterocycles. The molecule has 1 amide bonds. The van der Waals surface area contributed by atoms with Crippen LogP contribution in [0.3, 0.4) is 0 Å². The monoisotopic (exact) mass is 327 g/mol. The van der Waals surface area contributed by atoms with Gasteiger partial charge in [0.15, 0.2) is 0 Å². The van der Waals surface area contributed by atoms with Crippen LogP contribution in [0, 0.1) is 5.92 Å². The number of hydrogen-bond donors (Lipinski definition) is 2. The minimum absolute atomic E-state index is 0.0446. The molecule has 0 radical (unpaired) electrons. The molecule has 1 aromatic carbocycles. The van der Waals surface area contributed by atoms with E-state index in [1.165, 1.54) is 0 Å². The number of para-hydroxylation sites is 1. The first-order valence-electron chi connectivity index (χ1n) is 8.60. The zero-order valence-corrected chi connectivity index (χ0v) is 14.3. The Morgan fingerprint density at radius 2 is 2.08 bits per heavy atom. The molecule has 2 aromatic rings. The van der Waals surface area contributed by atoms with E-state index in [4.69, 9.17) is 4.74 Å². The average Bonchev–Trinajstić information content (AvgIpc) is 2.65. The van der Waals surface area contributed by atoms with Crippen LogP contribution in [0.25, 0.3) is 10.9 Å². The van der Waals surface area contributed by atoms with Crippen LogP contribution >= 0.6 is 0 Å². The number of carbonyl (C=O) groups excluding carboxylic acids is 1. The Hall–Kier alpha value is -2.14.